The van der Waals surface area contributed by atoms with Crippen LogP contribution in [-0.4, -0.2) is 60.5 Å². The fraction of sp³-hybridized carbons (Fsp3) is 0.261. The van der Waals surface area contributed by atoms with Crippen LogP contribution in [0.1, 0.15) is 17.3 Å². The summed E-state index contributed by atoms with van der Waals surface area (Å²) in [6, 6.07) is 11.3. The first-order valence-electron chi connectivity index (χ1n) is 10.3. The number of hydrogen-bond acceptors (Lipinski definition) is 6. The van der Waals surface area contributed by atoms with Gasteiger partial charge in [0, 0.05) is 29.7 Å². The third-order valence-electron chi connectivity index (χ3n) is 4.76. The van der Waals surface area contributed by atoms with Gasteiger partial charge in [0.05, 0.1) is 21.7 Å². The van der Waals surface area contributed by atoms with Gasteiger partial charge in [-0.3, -0.25) is 9.69 Å². The van der Waals surface area contributed by atoms with Crippen LogP contribution < -0.4 is 9.64 Å². The Kier molecular flexibility index (Phi) is 9.16. The zero-order valence-electron chi connectivity index (χ0n) is 18.8. The summed E-state index contributed by atoms with van der Waals surface area (Å²) in [5.41, 5.74) is 0.768. The summed E-state index contributed by atoms with van der Waals surface area (Å²) in [5, 5.41) is 3.02. The number of benzene rings is 2. The second kappa shape index (κ2) is 11.9. The first kappa shape index (κ1) is 26.2. The van der Waals surface area contributed by atoms with Crippen molar-refractivity contribution in [2.45, 2.75) is 6.92 Å². The average molecular weight is 542 g/mol. The maximum atomic E-state index is 13.5. The average Bonchev–Trinajstić information content (AvgIpc) is 3.23. The quantitative estimate of drug-likeness (QED) is 0.327. The van der Waals surface area contributed by atoms with Gasteiger partial charge in [0.2, 0.25) is 11.0 Å². The number of halogens is 3. The van der Waals surface area contributed by atoms with Crippen LogP contribution in [0.2, 0.25) is 15.1 Å². The number of thiazole rings is 1. The molecule has 0 radical (unpaired) electrons. The molecular weight excluding hydrogens is 519 g/mol. The molecule has 0 aliphatic heterocycles. The van der Waals surface area contributed by atoms with Gasteiger partial charge in [0.15, 0.2) is 0 Å². The molecule has 2 amide bonds. The van der Waals surface area contributed by atoms with Crippen molar-refractivity contribution in [3.63, 3.8) is 0 Å². The number of ether oxygens (including phenoxy) is 1. The fourth-order valence-electron chi connectivity index (χ4n) is 2.94. The number of rotatable bonds is 8. The predicted octanol–water partition coefficient (Wildman–Crippen LogP) is 6.46. The second-order valence-corrected chi connectivity index (χ2v) is 9.58. The fourth-order valence-corrected chi connectivity index (χ4v) is 4.30. The van der Waals surface area contributed by atoms with Gasteiger partial charge in [-0.15, -0.1) is 11.3 Å². The lowest BCUT2D eigenvalue weighted by Gasteiger charge is -2.22. The van der Waals surface area contributed by atoms with Crippen LogP contribution in [0.25, 0.3) is 0 Å². The molecule has 180 valence electrons. The Balaban J connectivity index is 1.90. The normalized spacial score (nSPS) is 10.9. The van der Waals surface area contributed by atoms with Crippen molar-refractivity contribution in [2.24, 2.45) is 0 Å². The van der Waals surface area contributed by atoms with Crippen LogP contribution in [-0.2, 0) is 0 Å². The molecule has 0 bridgehead atoms. The predicted molar refractivity (Wildman–Crippen MR) is 138 cm³/mol. The summed E-state index contributed by atoms with van der Waals surface area (Å²) in [5.74, 6) is -0.320. The summed E-state index contributed by atoms with van der Waals surface area (Å²) in [6.07, 6.45) is -0.508. The molecule has 0 saturated heterocycles. The van der Waals surface area contributed by atoms with E-state index in [4.69, 9.17) is 39.5 Å². The first-order chi connectivity index (χ1) is 16.2. The van der Waals surface area contributed by atoms with Crippen LogP contribution >= 0.6 is 46.1 Å². The minimum absolute atomic E-state index is 0.0993. The SMILES string of the molecule is CCN(CCN(C)C)C(=O)Oc1csc(N(C(=O)c2ccc(Cl)cc2Cl)c2ccc(Cl)cc2)n1. The van der Waals surface area contributed by atoms with Gasteiger partial charge in [-0.25, -0.2) is 4.79 Å². The maximum absolute atomic E-state index is 13.5. The summed E-state index contributed by atoms with van der Waals surface area (Å²) in [4.78, 5) is 35.4. The summed E-state index contributed by atoms with van der Waals surface area (Å²) < 4.78 is 5.48. The molecular formula is C23H23Cl3N4O3S. The van der Waals surface area contributed by atoms with E-state index in [0.29, 0.717) is 40.5 Å². The lowest BCUT2D eigenvalue weighted by atomic mass is 10.2. The summed E-state index contributed by atoms with van der Waals surface area (Å²) >= 11 is 19.5. The van der Waals surface area contributed by atoms with Gasteiger partial charge in [0.1, 0.15) is 0 Å². The molecule has 3 aromatic rings. The van der Waals surface area contributed by atoms with Gasteiger partial charge in [-0.1, -0.05) is 34.8 Å². The monoisotopic (exact) mass is 540 g/mol. The number of amides is 2. The van der Waals surface area contributed by atoms with Crippen LogP contribution in [0.5, 0.6) is 5.88 Å². The van der Waals surface area contributed by atoms with Crippen molar-refractivity contribution in [3.05, 3.63) is 68.5 Å². The largest absolute Gasteiger partial charge is 0.416 e. The maximum Gasteiger partial charge on any atom is 0.416 e. The molecule has 0 unspecified atom stereocenters. The standard InChI is InChI=1S/C23H23Cl3N4O3S/c1-4-29(12-11-28(2)3)23(32)33-20-14-34-22(27-20)30(17-8-5-15(24)6-9-17)21(31)18-10-7-16(25)13-19(18)26/h5-10,13-14H,4,11-12H2,1-3H3. The number of nitrogens with zero attached hydrogens (tertiary/aromatic N) is 4. The van der Waals surface area contributed by atoms with E-state index in [0.717, 1.165) is 11.3 Å². The zero-order chi connectivity index (χ0) is 24.8. The molecule has 0 spiro atoms. The molecule has 1 heterocycles. The number of carbonyl (C=O) groups is 2. The van der Waals surface area contributed by atoms with Gasteiger partial charge in [0.25, 0.3) is 5.91 Å². The third-order valence-corrected chi connectivity index (χ3v) is 6.36. The molecule has 11 heteroatoms. The number of likely N-dealkylation sites (N-methyl/N-ethyl adjacent to an activating group) is 2. The van der Waals surface area contributed by atoms with E-state index >= 15 is 0 Å². The van der Waals surface area contributed by atoms with Crippen LogP contribution in [0.15, 0.2) is 47.8 Å². The van der Waals surface area contributed by atoms with Crippen LogP contribution in [0.4, 0.5) is 15.6 Å². The van der Waals surface area contributed by atoms with Crippen LogP contribution in [0, 0.1) is 0 Å². The molecule has 0 saturated carbocycles. The van der Waals surface area contributed by atoms with Gasteiger partial charge < -0.3 is 14.5 Å². The molecule has 0 N–H and O–H groups in total. The second-order valence-electron chi connectivity index (χ2n) is 7.46. The van der Waals surface area contributed by atoms with Crippen molar-refractivity contribution >= 4 is 69.0 Å². The highest BCUT2D eigenvalue weighted by molar-refractivity contribution is 7.14. The van der Waals surface area contributed by atoms with E-state index in [-0.39, 0.29) is 16.5 Å². The van der Waals surface area contributed by atoms with E-state index in [9.17, 15) is 9.59 Å². The molecule has 0 aliphatic rings. The summed E-state index contributed by atoms with van der Waals surface area (Å²) in [6.45, 7) is 3.59. The first-order valence-corrected chi connectivity index (χ1v) is 12.3. The van der Waals surface area contributed by atoms with Crippen molar-refractivity contribution in [3.8, 4) is 5.88 Å². The highest BCUT2D eigenvalue weighted by atomic mass is 35.5. The number of aromatic nitrogens is 1. The van der Waals surface area contributed by atoms with E-state index in [2.05, 4.69) is 4.98 Å². The Morgan fingerprint density at radius 3 is 2.29 bits per heavy atom. The molecule has 3 rings (SSSR count). The molecule has 0 atom stereocenters. The number of carbonyl (C=O) groups excluding carboxylic acids is 2. The highest BCUT2D eigenvalue weighted by Gasteiger charge is 2.26. The minimum atomic E-state index is -0.508. The van der Waals surface area contributed by atoms with E-state index in [1.54, 1.807) is 46.7 Å². The van der Waals surface area contributed by atoms with Gasteiger partial charge in [-0.2, -0.15) is 4.98 Å². The molecule has 1 aromatic heterocycles. The Hall–Kier alpha value is -2.36. The highest BCUT2D eigenvalue weighted by Crippen LogP contribution is 2.35. The Bertz CT molecular complexity index is 1150. The molecule has 7 nitrogen and oxygen atoms in total. The minimum Gasteiger partial charge on any atom is -0.390 e. The Morgan fingerprint density at radius 1 is 1.00 bits per heavy atom. The number of anilines is 2. The summed E-state index contributed by atoms with van der Waals surface area (Å²) in [7, 11) is 3.86. The lowest BCUT2D eigenvalue weighted by molar-refractivity contribution is 0.0999. The third kappa shape index (κ3) is 6.61. The topological polar surface area (TPSA) is 66.0 Å². The van der Waals surface area contributed by atoms with Gasteiger partial charge >= 0.3 is 6.09 Å². The smallest absolute Gasteiger partial charge is 0.390 e. The molecule has 34 heavy (non-hydrogen) atoms. The van der Waals surface area contributed by atoms with Crippen molar-refractivity contribution in [1.82, 2.24) is 14.8 Å². The Morgan fingerprint density at radius 2 is 1.68 bits per heavy atom. The lowest BCUT2D eigenvalue weighted by Crippen LogP contribution is -2.38. The molecule has 2 aromatic carbocycles. The van der Waals surface area contributed by atoms with E-state index < -0.39 is 12.0 Å². The van der Waals surface area contributed by atoms with Crippen molar-refractivity contribution in [2.75, 3.05) is 38.6 Å². The van der Waals surface area contributed by atoms with E-state index in [1.165, 1.54) is 11.0 Å². The van der Waals surface area contributed by atoms with E-state index in [1.807, 2.05) is 25.9 Å². The van der Waals surface area contributed by atoms with Gasteiger partial charge in [-0.05, 0) is 63.5 Å². The molecule has 0 aliphatic carbocycles. The van der Waals surface area contributed by atoms with Crippen molar-refractivity contribution in [1.29, 1.82) is 0 Å². The van der Waals surface area contributed by atoms with Crippen molar-refractivity contribution < 1.29 is 14.3 Å². The molecule has 0 fully saturated rings. The van der Waals surface area contributed by atoms with Crippen LogP contribution in [0.3, 0.4) is 0 Å². The Labute approximate surface area is 217 Å². The zero-order valence-corrected chi connectivity index (χ0v) is 21.9. The number of hydrogen-bond donors (Lipinski definition) is 0.